The number of piperidine rings is 1. The molecule has 29 heavy (non-hydrogen) atoms. The molecule has 2 aliphatic rings. The van der Waals surface area contributed by atoms with Gasteiger partial charge in [-0.25, -0.2) is 13.4 Å². The van der Waals surface area contributed by atoms with Crippen LogP contribution < -0.4 is 10.2 Å². The third kappa shape index (κ3) is 4.43. The predicted octanol–water partition coefficient (Wildman–Crippen LogP) is 2.72. The molecule has 0 saturated carbocycles. The van der Waals surface area contributed by atoms with E-state index in [1.807, 2.05) is 30.3 Å². The number of hydrogen-bond acceptors (Lipinski definition) is 5. The number of aromatic nitrogens is 1. The van der Waals surface area contributed by atoms with E-state index in [0.717, 1.165) is 50.3 Å². The van der Waals surface area contributed by atoms with Crippen molar-refractivity contribution in [1.82, 2.24) is 9.29 Å². The first-order valence-corrected chi connectivity index (χ1v) is 11.5. The van der Waals surface area contributed by atoms with Gasteiger partial charge < -0.3 is 10.2 Å². The van der Waals surface area contributed by atoms with Gasteiger partial charge in [-0.2, -0.15) is 4.31 Å². The fraction of sp³-hybridized carbons (Fsp3) is 0.429. The van der Waals surface area contributed by atoms with Gasteiger partial charge in [-0.05, 0) is 49.9 Å². The number of nitrogens with one attached hydrogen (secondary N) is 1. The van der Waals surface area contributed by atoms with Gasteiger partial charge in [-0.3, -0.25) is 4.79 Å². The smallest absolute Gasteiger partial charge is 0.244 e. The molecule has 0 atom stereocenters. The van der Waals surface area contributed by atoms with E-state index in [4.69, 9.17) is 0 Å². The van der Waals surface area contributed by atoms with Gasteiger partial charge in [0.2, 0.25) is 15.9 Å². The maximum atomic E-state index is 12.6. The molecule has 0 radical (unpaired) electrons. The van der Waals surface area contributed by atoms with Crippen LogP contribution in [0.25, 0.3) is 0 Å². The number of carbonyl (C=O) groups is 1. The number of nitrogens with zero attached hydrogens (tertiary/aromatic N) is 3. The highest BCUT2D eigenvalue weighted by molar-refractivity contribution is 7.89. The molecule has 3 heterocycles. The minimum absolute atomic E-state index is 0.0266. The van der Waals surface area contributed by atoms with Crippen LogP contribution in [-0.2, 0) is 14.8 Å². The Morgan fingerprint density at radius 3 is 2.28 bits per heavy atom. The SMILES string of the molecule is O=C(Nc1ccccc1)C1CCN(c2ccc(S(=O)(=O)N3CCCC3)cn2)CC1. The molecule has 2 aromatic rings. The predicted molar refractivity (Wildman–Crippen MR) is 112 cm³/mol. The van der Waals surface area contributed by atoms with E-state index >= 15 is 0 Å². The van der Waals surface area contributed by atoms with E-state index in [1.54, 1.807) is 12.1 Å². The Morgan fingerprint density at radius 2 is 1.66 bits per heavy atom. The average molecular weight is 415 g/mol. The summed E-state index contributed by atoms with van der Waals surface area (Å²) in [4.78, 5) is 19.2. The molecule has 2 saturated heterocycles. The summed E-state index contributed by atoms with van der Waals surface area (Å²) in [5, 5.41) is 2.97. The zero-order valence-electron chi connectivity index (χ0n) is 16.3. The molecular formula is C21H26N4O3S. The summed E-state index contributed by atoms with van der Waals surface area (Å²) in [6, 6.07) is 12.9. The molecular weight excluding hydrogens is 388 g/mol. The highest BCUT2D eigenvalue weighted by atomic mass is 32.2. The summed E-state index contributed by atoms with van der Waals surface area (Å²) < 4.78 is 26.8. The molecule has 154 valence electrons. The Labute approximate surface area is 171 Å². The molecule has 1 aromatic heterocycles. The molecule has 1 N–H and O–H groups in total. The van der Waals surface area contributed by atoms with Gasteiger partial charge in [0.05, 0.1) is 0 Å². The Kier molecular flexibility index (Phi) is 5.82. The monoisotopic (exact) mass is 414 g/mol. The van der Waals surface area contributed by atoms with Crippen LogP contribution >= 0.6 is 0 Å². The molecule has 0 unspecified atom stereocenters. The Balaban J connectivity index is 1.34. The van der Waals surface area contributed by atoms with Crippen LogP contribution in [0.4, 0.5) is 11.5 Å². The highest BCUT2D eigenvalue weighted by Gasteiger charge is 2.29. The van der Waals surface area contributed by atoms with Gasteiger partial charge in [0.25, 0.3) is 0 Å². The van der Waals surface area contributed by atoms with Crippen molar-refractivity contribution in [3.8, 4) is 0 Å². The maximum absolute atomic E-state index is 12.6. The maximum Gasteiger partial charge on any atom is 0.244 e. The molecule has 0 bridgehead atoms. The zero-order chi connectivity index (χ0) is 20.3. The van der Waals surface area contributed by atoms with E-state index in [-0.39, 0.29) is 16.7 Å². The van der Waals surface area contributed by atoms with Gasteiger partial charge in [0.15, 0.2) is 0 Å². The van der Waals surface area contributed by atoms with Crippen molar-refractivity contribution in [2.45, 2.75) is 30.6 Å². The van der Waals surface area contributed by atoms with Crippen molar-refractivity contribution in [3.63, 3.8) is 0 Å². The summed E-state index contributed by atoms with van der Waals surface area (Å²) in [7, 11) is -3.44. The number of benzene rings is 1. The van der Waals surface area contributed by atoms with Crippen LogP contribution in [0.5, 0.6) is 0 Å². The van der Waals surface area contributed by atoms with Crippen LogP contribution in [-0.4, -0.2) is 49.8 Å². The third-order valence-electron chi connectivity index (χ3n) is 5.65. The van der Waals surface area contributed by atoms with Crippen molar-refractivity contribution >= 4 is 27.4 Å². The lowest BCUT2D eigenvalue weighted by molar-refractivity contribution is -0.120. The Morgan fingerprint density at radius 1 is 0.966 bits per heavy atom. The molecule has 0 spiro atoms. The topological polar surface area (TPSA) is 82.6 Å². The summed E-state index contributed by atoms with van der Waals surface area (Å²) >= 11 is 0. The fourth-order valence-electron chi connectivity index (χ4n) is 3.93. The van der Waals surface area contributed by atoms with Gasteiger partial charge in [-0.1, -0.05) is 18.2 Å². The van der Waals surface area contributed by atoms with Crippen molar-refractivity contribution in [2.75, 3.05) is 36.4 Å². The van der Waals surface area contributed by atoms with Crippen molar-refractivity contribution in [1.29, 1.82) is 0 Å². The molecule has 1 amide bonds. The van der Waals surface area contributed by atoms with Crippen molar-refractivity contribution in [3.05, 3.63) is 48.7 Å². The number of carbonyl (C=O) groups excluding carboxylic acids is 1. The molecule has 2 fully saturated rings. The second kappa shape index (κ2) is 8.51. The van der Waals surface area contributed by atoms with E-state index in [0.29, 0.717) is 13.1 Å². The van der Waals surface area contributed by atoms with E-state index in [2.05, 4.69) is 15.2 Å². The van der Waals surface area contributed by atoms with Crippen LogP contribution in [0, 0.1) is 5.92 Å². The summed E-state index contributed by atoms with van der Waals surface area (Å²) in [5.74, 6) is 0.782. The van der Waals surface area contributed by atoms with Crippen LogP contribution in [0.3, 0.4) is 0 Å². The quantitative estimate of drug-likeness (QED) is 0.813. The summed E-state index contributed by atoms with van der Waals surface area (Å²) in [5.41, 5.74) is 0.816. The van der Waals surface area contributed by atoms with Gasteiger partial charge in [0, 0.05) is 44.0 Å². The Bertz CT molecular complexity index is 934. The number of amides is 1. The summed E-state index contributed by atoms with van der Waals surface area (Å²) in [6.45, 7) is 2.61. The molecule has 1 aromatic carbocycles. The third-order valence-corrected chi connectivity index (χ3v) is 7.54. The lowest BCUT2D eigenvalue weighted by Gasteiger charge is -2.32. The number of anilines is 2. The van der Waals surface area contributed by atoms with Crippen LogP contribution in [0.2, 0.25) is 0 Å². The first-order valence-electron chi connectivity index (χ1n) is 10.1. The number of rotatable bonds is 5. The molecule has 8 heteroatoms. The van der Waals surface area contributed by atoms with Gasteiger partial charge in [0.1, 0.15) is 10.7 Å². The first-order chi connectivity index (χ1) is 14.0. The molecule has 4 rings (SSSR count). The van der Waals surface area contributed by atoms with Crippen molar-refractivity contribution in [2.24, 2.45) is 5.92 Å². The fourth-order valence-corrected chi connectivity index (χ4v) is 5.39. The minimum atomic E-state index is -3.44. The van der Waals surface area contributed by atoms with Crippen LogP contribution in [0.15, 0.2) is 53.6 Å². The molecule has 7 nitrogen and oxygen atoms in total. The number of pyridine rings is 1. The number of sulfonamides is 1. The largest absolute Gasteiger partial charge is 0.357 e. The van der Waals surface area contributed by atoms with E-state index in [9.17, 15) is 13.2 Å². The number of hydrogen-bond donors (Lipinski definition) is 1. The first kappa shape index (κ1) is 19.8. The zero-order valence-corrected chi connectivity index (χ0v) is 17.1. The van der Waals surface area contributed by atoms with Gasteiger partial charge >= 0.3 is 0 Å². The normalized spacial score (nSPS) is 18.7. The second-order valence-electron chi connectivity index (χ2n) is 7.58. The molecule has 0 aliphatic carbocycles. The van der Waals surface area contributed by atoms with Crippen molar-refractivity contribution < 1.29 is 13.2 Å². The molecule has 2 aliphatic heterocycles. The lowest BCUT2D eigenvalue weighted by Crippen LogP contribution is -2.38. The van der Waals surface area contributed by atoms with Gasteiger partial charge in [-0.15, -0.1) is 0 Å². The van der Waals surface area contributed by atoms with E-state index in [1.165, 1.54) is 10.5 Å². The highest BCUT2D eigenvalue weighted by Crippen LogP contribution is 2.25. The Hall–Kier alpha value is -2.45. The second-order valence-corrected chi connectivity index (χ2v) is 9.52. The minimum Gasteiger partial charge on any atom is -0.357 e. The standard InChI is InChI=1S/C21H26N4O3S/c26-21(23-18-6-2-1-3-7-18)17-10-14-24(15-11-17)20-9-8-19(16-22-20)29(27,28)25-12-4-5-13-25/h1-3,6-9,16-17H,4-5,10-15H2,(H,23,26). The van der Waals surface area contributed by atoms with E-state index < -0.39 is 10.0 Å². The average Bonchev–Trinajstić information content (AvgIpc) is 3.31. The summed E-state index contributed by atoms with van der Waals surface area (Å²) in [6.07, 6.45) is 4.77. The number of para-hydroxylation sites is 1. The lowest BCUT2D eigenvalue weighted by atomic mass is 9.96. The van der Waals surface area contributed by atoms with Crippen LogP contribution in [0.1, 0.15) is 25.7 Å².